The van der Waals surface area contributed by atoms with Crippen molar-refractivity contribution in [1.82, 2.24) is 19.4 Å². The van der Waals surface area contributed by atoms with Gasteiger partial charge in [-0.15, -0.1) is 0 Å². The lowest BCUT2D eigenvalue weighted by Crippen LogP contribution is -2.28. The van der Waals surface area contributed by atoms with Gasteiger partial charge in [-0.3, -0.25) is 4.79 Å². The lowest BCUT2D eigenvalue weighted by Gasteiger charge is -2.19. The summed E-state index contributed by atoms with van der Waals surface area (Å²) in [6, 6.07) is 15.3. The highest BCUT2D eigenvalue weighted by Crippen LogP contribution is 2.31. The van der Waals surface area contributed by atoms with Gasteiger partial charge >= 0.3 is 0 Å². The highest BCUT2D eigenvalue weighted by molar-refractivity contribution is 9.10. The van der Waals surface area contributed by atoms with E-state index in [-0.39, 0.29) is 11.8 Å². The smallest absolute Gasteiger partial charge is 0.259 e. The fraction of sp³-hybridized carbons (Fsp3) is 0.174. The van der Waals surface area contributed by atoms with Crippen molar-refractivity contribution < 1.29 is 13.9 Å². The molecular formula is C23H20BrFN4O2. The molecule has 4 rings (SSSR count). The lowest BCUT2D eigenvalue weighted by atomic mass is 10.2. The van der Waals surface area contributed by atoms with Crippen LogP contribution in [0, 0.1) is 5.82 Å². The number of aryl methyl sites for hydroxylation is 1. The van der Waals surface area contributed by atoms with Gasteiger partial charge in [-0.05, 0) is 65.3 Å². The van der Waals surface area contributed by atoms with Gasteiger partial charge in [0.25, 0.3) is 5.91 Å². The average molecular weight is 483 g/mol. The van der Waals surface area contributed by atoms with E-state index in [4.69, 9.17) is 9.72 Å². The molecule has 2 heterocycles. The number of carbonyl (C=O) groups excluding carboxylic acids is 1. The van der Waals surface area contributed by atoms with Gasteiger partial charge in [0.05, 0.1) is 22.1 Å². The van der Waals surface area contributed by atoms with Crippen molar-refractivity contribution in [2.45, 2.75) is 20.0 Å². The normalized spacial score (nSPS) is 11.0. The molecule has 4 aromatic rings. The molecule has 31 heavy (non-hydrogen) atoms. The van der Waals surface area contributed by atoms with Gasteiger partial charge in [0, 0.05) is 19.8 Å². The molecule has 6 nitrogen and oxygen atoms in total. The fourth-order valence-electron chi connectivity index (χ4n) is 3.39. The van der Waals surface area contributed by atoms with Crippen molar-refractivity contribution in [3.63, 3.8) is 0 Å². The average Bonchev–Trinajstić information content (AvgIpc) is 3.12. The Morgan fingerprint density at radius 1 is 1.19 bits per heavy atom. The van der Waals surface area contributed by atoms with Crippen LogP contribution in [0.3, 0.4) is 0 Å². The zero-order valence-corrected chi connectivity index (χ0v) is 18.6. The Balaban J connectivity index is 1.60. The molecule has 0 unspecified atom stereocenters. The Morgan fingerprint density at radius 2 is 2.00 bits per heavy atom. The number of pyridine rings is 1. The Bertz CT molecular complexity index is 1260. The third-order valence-electron chi connectivity index (χ3n) is 4.88. The number of fused-ring (bicyclic) bond motifs is 1. The molecule has 2 aromatic carbocycles. The van der Waals surface area contributed by atoms with Crippen molar-refractivity contribution >= 4 is 32.9 Å². The van der Waals surface area contributed by atoms with Crippen LogP contribution in [0.1, 0.15) is 23.1 Å². The molecule has 0 saturated carbocycles. The number of benzene rings is 2. The van der Waals surface area contributed by atoms with Gasteiger partial charge in [0.2, 0.25) is 5.88 Å². The number of amides is 1. The Kier molecular flexibility index (Phi) is 5.99. The van der Waals surface area contributed by atoms with E-state index < -0.39 is 5.82 Å². The number of hydrogen-bond acceptors (Lipinski definition) is 4. The molecule has 0 bridgehead atoms. The minimum absolute atomic E-state index is 0.149. The molecule has 0 fully saturated rings. The summed E-state index contributed by atoms with van der Waals surface area (Å²) >= 11 is 3.27. The zero-order valence-electron chi connectivity index (χ0n) is 17.0. The predicted molar refractivity (Wildman–Crippen MR) is 120 cm³/mol. The van der Waals surface area contributed by atoms with Crippen LogP contribution in [-0.4, -0.2) is 32.4 Å². The molecule has 0 N–H and O–H groups in total. The van der Waals surface area contributed by atoms with E-state index in [1.54, 1.807) is 30.3 Å². The number of imidazole rings is 1. The summed E-state index contributed by atoms with van der Waals surface area (Å²) in [7, 11) is 1.71. The van der Waals surface area contributed by atoms with Crippen LogP contribution in [-0.2, 0) is 13.1 Å². The van der Waals surface area contributed by atoms with Gasteiger partial charge < -0.3 is 14.2 Å². The molecule has 0 aliphatic carbocycles. The Hall–Kier alpha value is -3.26. The second kappa shape index (κ2) is 8.85. The van der Waals surface area contributed by atoms with Crippen molar-refractivity contribution in [1.29, 1.82) is 0 Å². The SMILES string of the molecule is CCn1c(CN(C)C(=O)c2cccnc2Oc2ccc(F)cc2Br)nc2ccccc21. The highest BCUT2D eigenvalue weighted by Gasteiger charge is 2.21. The number of para-hydroxylation sites is 2. The second-order valence-corrected chi connectivity index (χ2v) is 7.81. The van der Waals surface area contributed by atoms with Crippen molar-refractivity contribution in [3.05, 3.63) is 82.5 Å². The monoisotopic (exact) mass is 482 g/mol. The summed E-state index contributed by atoms with van der Waals surface area (Å²) in [5.74, 6) is 0.665. The second-order valence-electron chi connectivity index (χ2n) is 6.96. The molecule has 2 aromatic heterocycles. The number of aromatic nitrogens is 3. The third-order valence-corrected chi connectivity index (χ3v) is 5.50. The molecular weight excluding hydrogens is 463 g/mol. The van der Waals surface area contributed by atoms with E-state index in [9.17, 15) is 9.18 Å². The third kappa shape index (κ3) is 4.29. The number of hydrogen-bond donors (Lipinski definition) is 0. The van der Waals surface area contributed by atoms with E-state index in [1.807, 2.05) is 31.2 Å². The molecule has 0 spiro atoms. The van der Waals surface area contributed by atoms with Crippen molar-refractivity contribution in [2.75, 3.05) is 7.05 Å². The van der Waals surface area contributed by atoms with Gasteiger partial charge in [-0.2, -0.15) is 0 Å². The molecule has 1 amide bonds. The van der Waals surface area contributed by atoms with Gasteiger partial charge in [0.1, 0.15) is 23.0 Å². The first kappa shape index (κ1) is 21.0. The van der Waals surface area contributed by atoms with Crippen LogP contribution in [0.25, 0.3) is 11.0 Å². The Morgan fingerprint density at radius 3 is 2.77 bits per heavy atom. The van der Waals surface area contributed by atoms with E-state index in [1.165, 1.54) is 18.2 Å². The van der Waals surface area contributed by atoms with E-state index in [0.717, 1.165) is 23.4 Å². The summed E-state index contributed by atoms with van der Waals surface area (Å²) in [6.07, 6.45) is 1.54. The largest absolute Gasteiger partial charge is 0.437 e. The molecule has 158 valence electrons. The zero-order chi connectivity index (χ0) is 22.0. The molecule has 0 atom stereocenters. The van der Waals surface area contributed by atoms with Crippen LogP contribution in [0.4, 0.5) is 4.39 Å². The van der Waals surface area contributed by atoms with E-state index in [0.29, 0.717) is 22.3 Å². The van der Waals surface area contributed by atoms with Crippen LogP contribution >= 0.6 is 15.9 Å². The first-order valence-corrected chi connectivity index (χ1v) is 10.5. The topological polar surface area (TPSA) is 60.2 Å². The summed E-state index contributed by atoms with van der Waals surface area (Å²) in [5.41, 5.74) is 2.24. The standard InChI is InChI=1S/C23H20BrFN4O2/c1-3-29-19-9-5-4-8-18(19)27-21(29)14-28(2)23(30)16-7-6-12-26-22(16)31-20-11-10-15(25)13-17(20)24/h4-13H,3,14H2,1-2H3. The van der Waals surface area contributed by atoms with Gasteiger partial charge in [-0.25, -0.2) is 14.4 Å². The summed E-state index contributed by atoms with van der Waals surface area (Å²) in [6.45, 7) is 3.13. The lowest BCUT2D eigenvalue weighted by molar-refractivity contribution is 0.0777. The minimum Gasteiger partial charge on any atom is -0.437 e. The predicted octanol–water partition coefficient (Wildman–Crippen LogP) is 5.42. The van der Waals surface area contributed by atoms with Crippen molar-refractivity contribution in [3.8, 4) is 11.6 Å². The maximum absolute atomic E-state index is 13.4. The number of ether oxygens (including phenoxy) is 1. The molecule has 0 saturated heterocycles. The van der Waals surface area contributed by atoms with Crippen LogP contribution < -0.4 is 4.74 Å². The first-order valence-electron chi connectivity index (χ1n) is 9.75. The van der Waals surface area contributed by atoms with E-state index in [2.05, 4.69) is 25.5 Å². The van der Waals surface area contributed by atoms with Crippen LogP contribution in [0.5, 0.6) is 11.6 Å². The van der Waals surface area contributed by atoms with Crippen molar-refractivity contribution in [2.24, 2.45) is 0 Å². The number of nitrogens with zero attached hydrogens (tertiary/aromatic N) is 4. The maximum Gasteiger partial charge on any atom is 0.259 e. The van der Waals surface area contributed by atoms with Crippen LogP contribution in [0.2, 0.25) is 0 Å². The van der Waals surface area contributed by atoms with Crippen LogP contribution in [0.15, 0.2) is 65.3 Å². The summed E-state index contributed by atoms with van der Waals surface area (Å²) in [4.78, 5) is 23.7. The highest BCUT2D eigenvalue weighted by atomic mass is 79.9. The number of rotatable bonds is 6. The van der Waals surface area contributed by atoms with Gasteiger partial charge in [0.15, 0.2) is 0 Å². The maximum atomic E-state index is 13.4. The summed E-state index contributed by atoms with van der Waals surface area (Å²) in [5, 5.41) is 0. The molecule has 0 aliphatic heterocycles. The first-order chi connectivity index (χ1) is 15.0. The fourth-order valence-corrected chi connectivity index (χ4v) is 3.82. The summed E-state index contributed by atoms with van der Waals surface area (Å²) < 4.78 is 21.7. The van der Waals surface area contributed by atoms with E-state index >= 15 is 0 Å². The minimum atomic E-state index is -0.393. The molecule has 8 heteroatoms. The quantitative estimate of drug-likeness (QED) is 0.368. The molecule has 0 radical (unpaired) electrons. The Labute approximate surface area is 187 Å². The number of halogens is 2. The van der Waals surface area contributed by atoms with Gasteiger partial charge in [-0.1, -0.05) is 12.1 Å². The number of carbonyl (C=O) groups is 1. The molecule has 0 aliphatic rings.